The fraction of sp³-hybridized carbons (Fsp3) is 0.857. The van der Waals surface area contributed by atoms with Crippen LogP contribution in [0, 0.1) is 11.3 Å². The lowest BCUT2D eigenvalue weighted by atomic mass is 9.84. The Morgan fingerprint density at radius 3 is 2.50 bits per heavy atom. The van der Waals surface area contributed by atoms with Crippen molar-refractivity contribution in [3.63, 3.8) is 0 Å². The third kappa shape index (κ3) is 2.68. The number of aliphatic carboxylic acids is 1. The molecule has 2 unspecified atom stereocenters. The van der Waals surface area contributed by atoms with Crippen molar-refractivity contribution in [2.75, 3.05) is 0 Å². The standard InChI is InChI=1S/C14H23NO3/c1-14(13(17)18)8-4-7-11(14)15-12(16)9-10-5-2-3-6-10/h10-11H,2-9H2,1H3,(H,15,16)(H,17,18). The number of nitrogens with one attached hydrogen (secondary N) is 1. The minimum Gasteiger partial charge on any atom is -0.481 e. The van der Waals surface area contributed by atoms with E-state index in [9.17, 15) is 14.7 Å². The van der Waals surface area contributed by atoms with Gasteiger partial charge in [0.05, 0.1) is 5.41 Å². The molecule has 2 aliphatic rings. The zero-order valence-electron chi connectivity index (χ0n) is 11.1. The largest absolute Gasteiger partial charge is 0.481 e. The molecular formula is C14H23NO3. The summed E-state index contributed by atoms with van der Waals surface area (Å²) in [5.74, 6) is -0.227. The Labute approximate surface area is 108 Å². The van der Waals surface area contributed by atoms with Crippen molar-refractivity contribution in [1.82, 2.24) is 5.32 Å². The maximum Gasteiger partial charge on any atom is 0.311 e. The Balaban J connectivity index is 1.88. The molecule has 2 atom stereocenters. The zero-order valence-corrected chi connectivity index (χ0v) is 11.1. The van der Waals surface area contributed by atoms with Gasteiger partial charge in [0.15, 0.2) is 0 Å². The smallest absolute Gasteiger partial charge is 0.311 e. The molecule has 2 N–H and O–H groups in total. The molecule has 18 heavy (non-hydrogen) atoms. The van der Waals surface area contributed by atoms with Crippen molar-refractivity contribution < 1.29 is 14.7 Å². The summed E-state index contributed by atoms with van der Waals surface area (Å²) in [4.78, 5) is 23.3. The number of rotatable bonds is 4. The fourth-order valence-electron chi connectivity index (χ4n) is 3.38. The summed E-state index contributed by atoms with van der Waals surface area (Å²) >= 11 is 0. The van der Waals surface area contributed by atoms with E-state index < -0.39 is 11.4 Å². The molecule has 2 saturated carbocycles. The molecule has 0 aromatic carbocycles. The first-order valence-electron chi connectivity index (χ1n) is 7.05. The maximum absolute atomic E-state index is 12.0. The molecule has 2 fully saturated rings. The van der Waals surface area contributed by atoms with Gasteiger partial charge in [-0.25, -0.2) is 0 Å². The van der Waals surface area contributed by atoms with Crippen LogP contribution < -0.4 is 5.32 Å². The van der Waals surface area contributed by atoms with E-state index >= 15 is 0 Å². The molecule has 0 heterocycles. The molecule has 2 rings (SSSR count). The van der Waals surface area contributed by atoms with Crippen LogP contribution in [-0.2, 0) is 9.59 Å². The van der Waals surface area contributed by atoms with Crippen LogP contribution in [0.2, 0.25) is 0 Å². The van der Waals surface area contributed by atoms with Crippen molar-refractivity contribution in [2.45, 2.75) is 64.3 Å². The number of carboxylic acids is 1. The van der Waals surface area contributed by atoms with Crippen molar-refractivity contribution in [1.29, 1.82) is 0 Å². The van der Waals surface area contributed by atoms with E-state index in [1.807, 2.05) is 0 Å². The van der Waals surface area contributed by atoms with Gasteiger partial charge in [-0.1, -0.05) is 19.3 Å². The van der Waals surface area contributed by atoms with Crippen LogP contribution in [-0.4, -0.2) is 23.0 Å². The van der Waals surface area contributed by atoms with Gasteiger partial charge in [-0.15, -0.1) is 0 Å². The first-order valence-corrected chi connectivity index (χ1v) is 7.05. The lowest BCUT2D eigenvalue weighted by Gasteiger charge is -2.28. The second-order valence-electron chi connectivity index (χ2n) is 6.09. The van der Waals surface area contributed by atoms with Crippen LogP contribution in [0.15, 0.2) is 0 Å². The van der Waals surface area contributed by atoms with Crippen LogP contribution in [0.1, 0.15) is 58.3 Å². The fourth-order valence-corrected chi connectivity index (χ4v) is 3.38. The molecule has 2 aliphatic carbocycles. The molecule has 0 aliphatic heterocycles. The summed E-state index contributed by atoms with van der Waals surface area (Å²) in [5, 5.41) is 12.2. The van der Waals surface area contributed by atoms with E-state index in [2.05, 4.69) is 5.32 Å². The molecule has 0 bridgehead atoms. The van der Waals surface area contributed by atoms with Gasteiger partial charge >= 0.3 is 5.97 Å². The Morgan fingerprint density at radius 1 is 1.22 bits per heavy atom. The van der Waals surface area contributed by atoms with Crippen molar-refractivity contribution in [3.05, 3.63) is 0 Å². The van der Waals surface area contributed by atoms with Crippen LogP contribution in [0.5, 0.6) is 0 Å². The predicted molar refractivity (Wildman–Crippen MR) is 68.1 cm³/mol. The quantitative estimate of drug-likeness (QED) is 0.808. The van der Waals surface area contributed by atoms with Crippen molar-refractivity contribution >= 4 is 11.9 Å². The van der Waals surface area contributed by atoms with Gasteiger partial charge in [0, 0.05) is 12.5 Å². The first kappa shape index (κ1) is 13.4. The maximum atomic E-state index is 12.0. The summed E-state index contributed by atoms with van der Waals surface area (Å²) in [6.07, 6.45) is 7.67. The highest BCUT2D eigenvalue weighted by Crippen LogP contribution is 2.38. The number of hydrogen-bond acceptors (Lipinski definition) is 2. The van der Waals surface area contributed by atoms with Gasteiger partial charge in [0.2, 0.25) is 5.91 Å². The molecule has 0 aromatic rings. The SMILES string of the molecule is CC1(C(=O)O)CCCC1NC(=O)CC1CCCC1. The van der Waals surface area contributed by atoms with E-state index in [1.165, 1.54) is 12.8 Å². The minimum absolute atomic E-state index is 0.0428. The lowest BCUT2D eigenvalue weighted by Crippen LogP contribution is -2.47. The Hall–Kier alpha value is -1.06. The Morgan fingerprint density at radius 2 is 1.89 bits per heavy atom. The highest BCUT2D eigenvalue weighted by atomic mass is 16.4. The van der Waals surface area contributed by atoms with Crippen LogP contribution in [0.3, 0.4) is 0 Å². The molecule has 0 spiro atoms. The first-order chi connectivity index (χ1) is 8.52. The van der Waals surface area contributed by atoms with E-state index in [4.69, 9.17) is 0 Å². The molecule has 4 heteroatoms. The third-order valence-corrected chi connectivity index (χ3v) is 4.73. The second-order valence-corrected chi connectivity index (χ2v) is 6.09. The minimum atomic E-state index is -0.786. The number of amides is 1. The van der Waals surface area contributed by atoms with Crippen molar-refractivity contribution in [2.24, 2.45) is 11.3 Å². The summed E-state index contributed by atoms with van der Waals surface area (Å²) in [6.45, 7) is 1.75. The lowest BCUT2D eigenvalue weighted by molar-refractivity contribution is -0.149. The number of carbonyl (C=O) groups is 2. The second kappa shape index (κ2) is 5.29. The number of carboxylic acid groups (broad SMARTS) is 1. The van der Waals surface area contributed by atoms with E-state index in [-0.39, 0.29) is 11.9 Å². The van der Waals surface area contributed by atoms with Crippen LogP contribution >= 0.6 is 0 Å². The number of hydrogen-bond donors (Lipinski definition) is 2. The topological polar surface area (TPSA) is 66.4 Å². The van der Waals surface area contributed by atoms with E-state index in [1.54, 1.807) is 6.92 Å². The van der Waals surface area contributed by atoms with Gasteiger partial charge < -0.3 is 10.4 Å². The molecular weight excluding hydrogens is 230 g/mol. The average molecular weight is 253 g/mol. The van der Waals surface area contributed by atoms with Gasteiger partial charge in [0.25, 0.3) is 0 Å². The third-order valence-electron chi connectivity index (χ3n) is 4.73. The van der Waals surface area contributed by atoms with Gasteiger partial charge in [0.1, 0.15) is 0 Å². The zero-order chi connectivity index (χ0) is 13.2. The van der Waals surface area contributed by atoms with Crippen LogP contribution in [0.4, 0.5) is 0 Å². The molecule has 0 saturated heterocycles. The molecule has 4 nitrogen and oxygen atoms in total. The van der Waals surface area contributed by atoms with E-state index in [0.29, 0.717) is 18.8 Å². The Kier molecular flexibility index (Phi) is 3.93. The monoisotopic (exact) mass is 253 g/mol. The summed E-state index contributed by atoms with van der Waals surface area (Å²) < 4.78 is 0. The number of carbonyl (C=O) groups excluding carboxylic acids is 1. The Bertz CT molecular complexity index is 336. The highest BCUT2D eigenvalue weighted by Gasteiger charge is 2.45. The van der Waals surface area contributed by atoms with Gasteiger partial charge in [-0.3, -0.25) is 9.59 Å². The summed E-state index contributed by atoms with van der Waals surface area (Å²) in [5.41, 5.74) is -0.772. The van der Waals surface area contributed by atoms with E-state index in [0.717, 1.165) is 25.7 Å². The van der Waals surface area contributed by atoms with Crippen molar-refractivity contribution in [3.8, 4) is 0 Å². The molecule has 102 valence electrons. The summed E-state index contributed by atoms with van der Waals surface area (Å²) in [6, 6.07) is -0.191. The van der Waals surface area contributed by atoms with Crippen LogP contribution in [0.25, 0.3) is 0 Å². The van der Waals surface area contributed by atoms with Gasteiger partial charge in [-0.05, 0) is 38.5 Å². The normalized spacial score (nSPS) is 32.6. The van der Waals surface area contributed by atoms with Gasteiger partial charge in [-0.2, -0.15) is 0 Å². The summed E-state index contributed by atoms with van der Waals surface area (Å²) in [7, 11) is 0. The molecule has 1 amide bonds. The highest BCUT2D eigenvalue weighted by molar-refractivity contribution is 5.80. The predicted octanol–water partition coefficient (Wildman–Crippen LogP) is 2.33. The average Bonchev–Trinajstić information content (AvgIpc) is 2.90. The molecule has 0 radical (unpaired) electrons. The molecule has 0 aromatic heterocycles.